The number of aromatic nitrogens is 4. The van der Waals surface area contributed by atoms with E-state index in [4.69, 9.17) is 0 Å². The molecule has 0 unspecified atom stereocenters. The van der Waals surface area contributed by atoms with Gasteiger partial charge in [0.1, 0.15) is 0 Å². The van der Waals surface area contributed by atoms with Gasteiger partial charge in [-0.3, -0.25) is 0 Å². The molecule has 1 N–H and O–H groups in total. The Kier molecular flexibility index (Phi) is 0.861. The first kappa shape index (κ1) is 4.38. The van der Waals surface area contributed by atoms with Gasteiger partial charge in [-0.15, -0.1) is 0 Å². The highest BCUT2D eigenvalue weighted by Gasteiger charge is 1.84. The first-order chi connectivity index (χ1) is 3.30. The highest BCUT2D eigenvalue weighted by atomic mass is 32.1. The van der Waals surface area contributed by atoms with Crippen LogP contribution in [0, 0.1) is 4.77 Å². The van der Waals surface area contributed by atoms with Gasteiger partial charge in [-0.25, -0.2) is 0 Å². The van der Waals surface area contributed by atoms with E-state index in [-0.39, 0.29) is 9.67 Å². The lowest BCUT2D eigenvalue weighted by Gasteiger charge is -1.70. The average molecular weight is 120 g/mol. The van der Waals surface area contributed by atoms with Crippen molar-refractivity contribution in [3.8, 4) is 0 Å². The quantitative estimate of drug-likeness (QED) is 0.493. The maximum Gasteiger partial charge on any atom is 0.270 e. The van der Waals surface area contributed by atoms with Gasteiger partial charge < -0.3 is 0 Å². The van der Waals surface area contributed by atoms with E-state index in [0.717, 1.165) is 0 Å². The molecule has 7 heavy (non-hydrogen) atoms. The van der Waals surface area contributed by atoms with Crippen molar-refractivity contribution < 1.29 is 4.48 Å². The van der Waals surface area contributed by atoms with Crippen LogP contribution in [0.3, 0.4) is 0 Å². The van der Waals surface area contributed by atoms with Crippen molar-refractivity contribution in [2.75, 3.05) is 0 Å². The first-order valence-corrected chi connectivity index (χ1v) is 1.88. The van der Waals surface area contributed by atoms with Crippen molar-refractivity contribution in [1.82, 2.24) is 20.4 Å². The van der Waals surface area contributed by atoms with E-state index >= 15 is 0 Å². The van der Waals surface area contributed by atoms with Crippen molar-refractivity contribution >= 4 is 12.2 Å². The third kappa shape index (κ3) is 0.637. The molecule has 0 fully saturated rings. The summed E-state index contributed by atoms with van der Waals surface area (Å²) in [5.74, 6) is 0. The molecule has 0 atom stereocenters. The van der Waals surface area contributed by atoms with E-state index in [1.807, 2.05) is 5.21 Å². The molecule has 0 spiro atoms. The SMILES string of the molecule is Fn1[nH]nnc1=S. The second-order valence-corrected chi connectivity index (χ2v) is 1.23. The Hall–Kier alpha value is -0.780. The Labute approximate surface area is 42.9 Å². The molecule has 6 heteroatoms. The van der Waals surface area contributed by atoms with Gasteiger partial charge in [0.2, 0.25) is 0 Å². The van der Waals surface area contributed by atoms with Gasteiger partial charge in [0, 0.05) is 0 Å². The van der Waals surface area contributed by atoms with Crippen LogP contribution in [0.1, 0.15) is 0 Å². The molecule has 1 heterocycles. The van der Waals surface area contributed by atoms with Crippen molar-refractivity contribution in [1.29, 1.82) is 0 Å². The Morgan fingerprint density at radius 1 is 1.86 bits per heavy atom. The van der Waals surface area contributed by atoms with Gasteiger partial charge in [0.25, 0.3) is 4.77 Å². The highest BCUT2D eigenvalue weighted by molar-refractivity contribution is 7.71. The monoisotopic (exact) mass is 120 g/mol. The van der Waals surface area contributed by atoms with Crippen LogP contribution in [-0.2, 0) is 0 Å². The minimum absolute atomic E-state index is 0.0509. The topological polar surface area (TPSA) is 46.5 Å². The second kappa shape index (κ2) is 1.38. The first-order valence-electron chi connectivity index (χ1n) is 1.47. The van der Waals surface area contributed by atoms with Crippen LogP contribution >= 0.6 is 12.2 Å². The van der Waals surface area contributed by atoms with Crippen molar-refractivity contribution in [3.63, 3.8) is 0 Å². The molecule has 0 aliphatic heterocycles. The average Bonchev–Trinajstić information content (AvgIpc) is 1.91. The van der Waals surface area contributed by atoms with Crippen molar-refractivity contribution in [2.24, 2.45) is 0 Å². The summed E-state index contributed by atoms with van der Waals surface area (Å²) in [7, 11) is 0. The normalized spacial score (nSPS) is 9.29. The molecular formula is CHFN4S. The van der Waals surface area contributed by atoms with Crippen LogP contribution in [-0.4, -0.2) is 20.4 Å². The third-order valence-corrected chi connectivity index (χ3v) is 0.678. The number of nitrogens with zero attached hydrogens (tertiary/aromatic N) is 3. The minimum Gasteiger partial charge on any atom is -0.168 e. The predicted molar refractivity (Wildman–Crippen MR) is 21.7 cm³/mol. The summed E-state index contributed by atoms with van der Waals surface area (Å²) in [6.07, 6.45) is 0. The zero-order valence-electron chi connectivity index (χ0n) is 3.13. The number of tetrazole rings is 1. The lowest BCUT2D eigenvalue weighted by Crippen LogP contribution is -1.81. The van der Waals surface area contributed by atoms with E-state index < -0.39 is 0 Å². The largest absolute Gasteiger partial charge is 0.270 e. The summed E-state index contributed by atoms with van der Waals surface area (Å²) in [5, 5.41) is 8.00. The summed E-state index contributed by atoms with van der Waals surface area (Å²) < 4.78 is 11.5. The fraction of sp³-hybridized carbons (Fsp3) is 0. The van der Waals surface area contributed by atoms with Crippen LogP contribution in [0.2, 0.25) is 0 Å². The zero-order chi connectivity index (χ0) is 5.28. The van der Waals surface area contributed by atoms with Crippen LogP contribution in [0.15, 0.2) is 0 Å². The van der Waals surface area contributed by atoms with Crippen LogP contribution in [0.5, 0.6) is 0 Å². The Balaban J connectivity index is 3.39. The second-order valence-electron chi connectivity index (χ2n) is 0.863. The highest BCUT2D eigenvalue weighted by Crippen LogP contribution is 1.76. The van der Waals surface area contributed by atoms with E-state index in [1.54, 1.807) is 0 Å². The van der Waals surface area contributed by atoms with Gasteiger partial charge in [-0.05, 0) is 17.4 Å². The summed E-state index contributed by atoms with van der Waals surface area (Å²) in [5.41, 5.74) is 0. The molecule has 0 saturated carbocycles. The smallest absolute Gasteiger partial charge is 0.168 e. The van der Waals surface area contributed by atoms with Gasteiger partial charge in [0.05, 0.1) is 0 Å². The zero-order valence-corrected chi connectivity index (χ0v) is 3.94. The molecule has 0 aromatic carbocycles. The Morgan fingerprint density at radius 2 is 2.57 bits per heavy atom. The molecule has 0 radical (unpaired) electrons. The maximum atomic E-state index is 11.7. The number of rotatable bonds is 0. The standard InChI is InChI=1S/CHFN4S/c2-6-1(7)3-4-5-6/h(H,3,5,7). The summed E-state index contributed by atoms with van der Waals surface area (Å²) in [6, 6.07) is 0. The fourth-order valence-corrected chi connectivity index (χ4v) is 0.268. The van der Waals surface area contributed by atoms with Crippen molar-refractivity contribution in [2.45, 2.75) is 0 Å². The lowest BCUT2D eigenvalue weighted by molar-refractivity contribution is 0.301. The molecule has 0 bridgehead atoms. The number of hydrogen-bond acceptors (Lipinski definition) is 3. The fourth-order valence-electron chi connectivity index (χ4n) is 0.186. The molecule has 0 amide bonds. The van der Waals surface area contributed by atoms with E-state index in [2.05, 4.69) is 22.5 Å². The number of aromatic amines is 1. The number of nitrogens with one attached hydrogen (secondary N) is 1. The van der Waals surface area contributed by atoms with Gasteiger partial charge in [-0.1, -0.05) is 14.5 Å². The van der Waals surface area contributed by atoms with E-state index in [1.165, 1.54) is 0 Å². The summed E-state index contributed by atoms with van der Waals surface area (Å²) in [6.45, 7) is 0. The number of halogens is 1. The Morgan fingerprint density at radius 3 is 2.71 bits per heavy atom. The summed E-state index contributed by atoms with van der Waals surface area (Å²) >= 11 is 4.27. The molecule has 1 aromatic heterocycles. The molecule has 0 saturated heterocycles. The predicted octanol–water partition coefficient (Wildman–Crippen LogP) is 0.0683. The molecule has 0 aliphatic carbocycles. The van der Waals surface area contributed by atoms with E-state index in [0.29, 0.717) is 0 Å². The maximum absolute atomic E-state index is 11.7. The molecular weight excluding hydrogens is 119 g/mol. The van der Waals surface area contributed by atoms with Gasteiger partial charge in [-0.2, -0.15) is 5.21 Å². The molecule has 38 valence electrons. The van der Waals surface area contributed by atoms with Crippen LogP contribution < -0.4 is 0 Å². The molecule has 0 aliphatic rings. The number of hydrogen-bond donors (Lipinski definition) is 1. The van der Waals surface area contributed by atoms with E-state index in [9.17, 15) is 4.48 Å². The van der Waals surface area contributed by atoms with Crippen LogP contribution in [0.4, 0.5) is 4.48 Å². The van der Waals surface area contributed by atoms with Crippen LogP contribution in [0.25, 0.3) is 0 Å². The molecule has 4 nitrogen and oxygen atoms in total. The lowest BCUT2D eigenvalue weighted by atomic mass is 11.4. The molecule has 1 rings (SSSR count). The third-order valence-electron chi connectivity index (χ3n) is 0.436. The van der Waals surface area contributed by atoms with Gasteiger partial charge in [0.15, 0.2) is 0 Å². The minimum atomic E-state index is -0.194. The Bertz CT molecular complexity index is 199. The van der Waals surface area contributed by atoms with Gasteiger partial charge >= 0.3 is 0 Å². The number of H-pyrrole nitrogens is 1. The van der Waals surface area contributed by atoms with Crippen molar-refractivity contribution in [3.05, 3.63) is 4.77 Å². The summed E-state index contributed by atoms with van der Waals surface area (Å²) in [4.78, 5) is 0.0509. The molecule has 1 aromatic rings.